The van der Waals surface area contributed by atoms with Gasteiger partial charge in [-0.2, -0.15) is 0 Å². The Morgan fingerprint density at radius 3 is 2.89 bits per heavy atom. The maximum Gasteiger partial charge on any atom is 0.145 e. The van der Waals surface area contributed by atoms with E-state index in [9.17, 15) is 0 Å². The number of benzene rings is 1. The maximum atomic E-state index is 5.67. The molecule has 2 heteroatoms. The lowest BCUT2D eigenvalue weighted by Gasteiger charge is -1.98. The van der Waals surface area contributed by atoms with Gasteiger partial charge in [-0.25, -0.2) is 0 Å². The van der Waals surface area contributed by atoms with E-state index in [1.165, 1.54) is 0 Å². The summed E-state index contributed by atoms with van der Waals surface area (Å²) in [7, 11) is 1.57. The second-order valence-electron chi connectivity index (χ2n) is 1.55. The van der Waals surface area contributed by atoms with Crippen molar-refractivity contribution in [2.45, 2.75) is 0 Å². The molecule has 47 valence electrons. The van der Waals surface area contributed by atoms with Crippen LogP contribution in [0, 0.1) is 6.07 Å². The normalized spacial score (nSPS) is 9.11. The fourth-order valence-corrected chi connectivity index (χ4v) is 0.762. The molecule has 0 saturated heterocycles. The van der Waals surface area contributed by atoms with E-state index in [4.69, 9.17) is 16.3 Å². The summed E-state index contributed by atoms with van der Waals surface area (Å²) in [6, 6.07) is 8.16. The third-order valence-electron chi connectivity index (χ3n) is 0.974. The summed E-state index contributed by atoms with van der Waals surface area (Å²) in [5, 5.41) is 0.597. The van der Waals surface area contributed by atoms with Crippen LogP contribution in [0.3, 0.4) is 0 Å². The van der Waals surface area contributed by atoms with Gasteiger partial charge in [-0.05, 0) is 6.07 Å². The van der Waals surface area contributed by atoms with Crippen molar-refractivity contribution in [2.24, 2.45) is 0 Å². The van der Waals surface area contributed by atoms with Gasteiger partial charge in [0.2, 0.25) is 0 Å². The van der Waals surface area contributed by atoms with Crippen molar-refractivity contribution in [2.75, 3.05) is 7.11 Å². The van der Waals surface area contributed by atoms with Crippen LogP contribution >= 0.6 is 11.6 Å². The van der Waals surface area contributed by atoms with Crippen molar-refractivity contribution >= 4 is 11.6 Å². The van der Waals surface area contributed by atoms with Crippen molar-refractivity contribution in [1.82, 2.24) is 0 Å². The molecular weight excluding hydrogens is 136 g/mol. The molecule has 0 aliphatic carbocycles. The largest absolute Gasteiger partial charge is 0.495 e. The number of rotatable bonds is 1. The third-order valence-corrected chi connectivity index (χ3v) is 1.27. The Hall–Kier alpha value is -0.690. The number of ether oxygens (including phenoxy) is 1. The Labute approximate surface area is 59.2 Å². The molecule has 0 aromatic heterocycles. The predicted molar refractivity (Wildman–Crippen MR) is 36.8 cm³/mol. The molecule has 0 heterocycles. The van der Waals surface area contributed by atoms with Crippen LogP contribution in [0.15, 0.2) is 18.2 Å². The average Bonchev–Trinajstić information content (AvgIpc) is 1.89. The Bertz CT molecular complexity index is 198. The first kappa shape index (κ1) is 6.43. The maximum absolute atomic E-state index is 5.67. The summed E-state index contributed by atoms with van der Waals surface area (Å²) < 4.78 is 4.86. The Balaban J connectivity index is 3.01. The zero-order valence-electron chi connectivity index (χ0n) is 5.02. The smallest absolute Gasteiger partial charge is 0.145 e. The van der Waals surface area contributed by atoms with Crippen LogP contribution in [0.4, 0.5) is 0 Å². The summed E-state index contributed by atoms with van der Waals surface area (Å²) in [5.74, 6) is 0.596. The van der Waals surface area contributed by atoms with E-state index in [2.05, 4.69) is 6.07 Å². The minimum absolute atomic E-state index is 0.596. The molecular formula is C7H6ClO. The van der Waals surface area contributed by atoms with Crippen molar-refractivity contribution in [1.29, 1.82) is 0 Å². The van der Waals surface area contributed by atoms with E-state index in [0.717, 1.165) is 0 Å². The number of hydrogen-bond acceptors (Lipinski definition) is 1. The van der Waals surface area contributed by atoms with E-state index in [1.807, 2.05) is 6.07 Å². The lowest BCUT2D eigenvalue weighted by atomic mass is 10.3. The molecule has 1 rings (SSSR count). The van der Waals surface area contributed by atoms with Gasteiger partial charge >= 0.3 is 0 Å². The van der Waals surface area contributed by atoms with E-state index >= 15 is 0 Å². The van der Waals surface area contributed by atoms with Gasteiger partial charge in [0, 0.05) is 6.07 Å². The summed E-state index contributed by atoms with van der Waals surface area (Å²) in [4.78, 5) is 0. The summed E-state index contributed by atoms with van der Waals surface area (Å²) >= 11 is 5.67. The van der Waals surface area contributed by atoms with Crippen LogP contribution in [0.5, 0.6) is 5.75 Å². The lowest BCUT2D eigenvalue weighted by molar-refractivity contribution is 0.414. The Morgan fingerprint density at radius 1 is 1.67 bits per heavy atom. The Kier molecular flexibility index (Phi) is 1.96. The molecule has 0 atom stereocenters. The molecule has 0 amide bonds. The van der Waals surface area contributed by atoms with Gasteiger partial charge in [-0.15, -0.1) is 0 Å². The van der Waals surface area contributed by atoms with Crippen LogP contribution in [0.1, 0.15) is 0 Å². The number of hydrogen-bond donors (Lipinski definition) is 0. The highest BCUT2D eigenvalue weighted by Crippen LogP contribution is 2.21. The summed E-state index contributed by atoms with van der Waals surface area (Å²) in [6.45, 7) is 0. The van der Waals surface area contributed by atoms with E-state index in [0.29, 0.717) is 10.8 Å². The molecule has 1 nitrogen and oxygen atoms in total. The minimum atomic E-state index is 0.596. The van der Waals surface area contributed by atoms with Gasteiger partial charge in [0.05, 0.1) is 12.1 Å². The topological polar surface area (TPSA) is 9.23 Å². The number of para-hydroxylation sites is 1. The van der Waals surface area contributed by atoms with Crippen LogP contribution in [0.2, 0.25) is 5.02 Å². The quantitative estimate of drug-likeness (QED) is 0.582. The fraction of sp³-hybridized carbons (Fsp3) is 0.143. The number of methoxy groups -OCH3 is 1. The standard InChI is InChI=1S/C7H6ClO/c1-9-7-5-3-2-4-6(7)8/h2-4H,1H3. The second kappa shape index (κ2) is 2.74. The van der Waals surface area contributed by atoms with Gasteiger partial charge in [0.25, 0.3) is 0 Å². The van der Waals surface area contributed by atoms with Crippen molar-refractivity contribution in [3.63, 3.8) is 0 Å². The van der Waals surface area contributed by atoms with Crippen molar-refractivity contribution in [3.8, 4) is 5.75 Å². The van der Waals surface area contributed by atoms with Gasteiger partial charge in [0.15, 0.2) is 0 Å². The number of halogens is 1. The zero-order valence-corrected chi connectivity index (χ0v) is 5.77. The van der Waals surface area contributed by atoms with E-state index in [1.54, 1.807) is 19.2 Å². The van der Waals surface area contributed by atoms with E-state index < -0.39 is 0 Å². The first-order valence-corrected chi connectivity index (χ1v) is 2.92. The highest BCUT2D eigenvalue weighted by molar-refractivity contribution is 6.31. The van der Waals surface area contributed by atoms with E-state index in [-0.39, 0.29) is 0 Å². The van der Waals surface area contributed by atoms with Gasteiger partial charge < -0.3 is 4.74 Å². The molecule has 0 aliphatic rings. The SMILES string of the molecule is COc1[c]cccc1Cl. The van der Waals surface area contributed by atoms with Crippen LogP contribution in [0.25, 0.3) is 0 Å². The molecule has 1 aromatic carbocycles. The van der Waals surface area contributed by atoms with Gasteiger partial charge in [-0.3, -0.25) is 0 Å². The average molecular weight is 142 g/mol. The van der Waals surface area contributed by atoms with Crippen molar-refractivity contribution < 1.29 is 4.74 Å². The van der Waals surface area contributed by atoms with Gasteiger partial charge in [0.1, 0.15) is 5.75 Å². The zero-order chi connectivity index (χ0) is 6.69. The first-order chi connectivity index (χ1) is 4.34. The molecule has 0 spiro atoms. The van der Waals surface area contributed by atoms with Crippen molar-refractivity contribution in [3.05, 3.63) is 29.3 Å². The molecule has 0 bridgehead atoms. The molecule has 1 radical (unpaired) electrons. The van der Waals surface area contributed by atoms with Crippen LogP contribution in [-0.2, 0) is 0 Å². The molecule has 0 fully saturated rings. The lowest BCUT2D eigenvalue weighted by Crippen LogP contribution is -1.81. The molecule has 0 N–H and O–H groups in total. The monoisotopic (exact) mass is 141 g/mol. The molecule has 1 aromatic rings. The second-order valence-corrected chi connectivity index (χ2v) is 1.96. The van der Waals surface area contributed by atoms with Gasteiger partial charge in [-0.1, -0.05) is 23.7 Å². The molecule has 0 unspecified atom stereocenters. The third kappa shape index (κ3) is 1.36. The summed E-state index contributed by atoms with van der Waals surface area (Å²) in [6.07, 6.45) is 0. The summed E-state index contributed by atoms with van der Waals surface area (Å²) in [5.41, 5.74) is 0. The minimum Gasteiger partial charge on any atom is -0.495 e. The first-order valence-electron chi connectivity index (χ1n) is 2.55. The van der Waals surface area contributed by atoms with Crippen LogP contribution in [-0.4, -0.2) is 7.11 Å². The molecule has 9 heavy (non-hydrogen) atoms. The molecule has 0 aliphatic heterocycles. The fourth-order valence-electron chi connectivity index (χ4n) is 0.557. The highest BCUT2D eigenvalue weighted by Gasteiger charge is 1.94. The van der Waals surface area contributed by atoms with Crippen LogP contribution < -0.4 is 4.74 Å². The highest BCUT2D eigenvalue weighted by atomic mass is 35.5. The predicted octanol–water partition coefficient (Wildman–Crippen LogP) is 2.15. The Morgan fingerprint density at radius 2 is 2.44 bits per heavy atom. The molecule has 0 saturated carbocycles.